The molecule has 148 valence electrons. The fourth-order valence-corrected chi connectivity index (χ4v) is 4.30. The maximum absolute atomic E-state index is 11.0. The largest absolute Gasteiger partial charge is 0.492 e. The summed E-state index contributed by atoms with van der Waals surface area (Å²) in [5.41, 5.74) is 4.41. The number of aromatic nitrogens is 3. The average Bonchev–Trinajstić information content (AvgIpc) is 3.41. The van der Waals surface area contributed by atoms with Gasteiger partial charge in [-0.15, -0.1) is 0 Å². The molecular formula is C22H21N3O4. The quantitative estimate of drug-likeness (QED) is 0.716. The third-order valence-corrected chi connectivity index (χ3v) is 5.71. The topological polar surface area (TPSA) is 86.5 Å². The first-order valence-electron chi connectivity index (χ1n) is 9.71. The number of ether oxygens (including phenoxy) is 2. The van der Waals surface area contributed by atoms with Crippen LogP contribution in [0.25, 0.3) is 11.4 Å². The second-order valence-electron chi connectivity index (χ2n) is 7.55. The second kappa shape index (κ2) is 6.92. The highest BCUT2D eigenvalue weighted by Gasteiger charge is 2.30. The molecule has 7 nitrogen and oxygen atoms in total. The minimum Gasteiger partial charge on any atom is -0.492 e. The summed E-state index contributed by atoms with van der Waals surface area (Å²) in [6.45, 7) is 0.367. The van der Waals surface area contributed by atoms with Crippen molar-refractivity contribution in [3.8, 4) is 23.0 Å². The predicted octanol–water partition coefficient (Wildman–Crippen LogP) is 3.50. The minimum atomic E-state index is -0.835. The first kappa shape index (κ1) is 17.7. The Morgan fingerprint density at radius 1 is 1.34 bits per heavy atom. The number of carboxylic acids is 1. The van der Waals surface area contributed by atoms with Crippen LogP contribution in [-0.4, -0.2) is 32.2 Å². The molecule has 0 fully saturated rings. The summed E-state index contributed by atoms with van der Waals surface area (Å²) in [5.74, 6) is 1.13. The van der Waals surface area contributed by atoms with Crippen LogP contribution in [0.5, 0.6) is 11.6 Å². The summed E-state index contributed by atoms with van der Waals surface area (Å²) in [6.07, 6.45) is 7.20. The molecule has 5 rings (SSSR count). The Labute approximate surface area is 167 Å². The molecule has 7 heteroatoms. The van der Waals surface area contributed by atoms with E-state index in [2.05, 4.69) is 22.1 Å². The number of hydrogen-bond acceptors (Lipinski definition) is 5. The number of pyridine rings is 1. The monoisotopic (exact) mass is 391 g/mol. The van der Waals surface area contributed by atoms with Crippen LogP contribution in [0.4, 0.5) is 0 Å². The fourth-order valence-electron chi connectivity index (χ4n) is 4.30. The van der Waals surface area contributed by atoms with Crippen LogP contribution in [0, 0.1) is 0 Å². The third-order valence-electron chi connectivity index (χ3n) is 5.71. The molecule has 3 heterocycles. The van der Waals surface area contributed by atoms with E-state index in [1.54, 1.807) is 12.3 Å². The molecule has 0 bridgehead atoms. The molecule has 1 aromatic carbocycles. The van der Waals surface area contributed by atoms with E-state index in [0.29, 0.717) is 18.2 Å². The van der Waals surface area contributed by atoms with Crippen molar-refractivity contribution in [3.63, 3.8) is 0 Å². The Morgan fingerprint density at radius 2 is 2.24 bits per heavy atom. The van der Waals surface area contributed by atoms with E-state index in [0.717, 1.165) is 35.4 Å². The normalized spacial score (nSPS) is 19.5. The number of hydrogen-bond donors (Lipinski definition) is 1. The van der Waals surface area contributed by atoms with Crippen molar-refractivity contribution < 1.29 is 19.4 Å². The third kappa shape index (κ3) is 3.12. The molecule has 3 aromatic rings. The van der Waals surface area contributed by atoms with Gasteiger partial charge < -0.3 is 19.1 Å². The van der Waals surface area contributed by atoms with Gasteiger partial charge in [0.15, 0.2) is 0 Å². The summed E-state index contributed by atoms with van der Waals surface area (Å²) in [5, 5.41) is 9.04. The lowest BCUT2D eigenvalue weighted by Gasteiger charge is -2.15. The number of carboxylic acid groups (broad SMARTS) is 1. The average molecular weight is 391 g/mol. The van der Waals surface area contributed by atoms with Crippen molar-refractivity contribution >= 4 is 5.97 Å². The molecule has 1 aliphatic heterocycles. The molecular weight excluding hydrogens is 370 g/mol. The Hall–Kier alpha value is -3.35. The number of imidazole rings is 1. The number of benzene rings is 1. The van der Waals surface area contributed by atoms with Crippen molar-refractivity contribution in [2.75, 3.05) is 6.61 Å². The molecule has 1 unspecified atom stereocenters. The van der Waals surface area contributed by atoms with Gasteiger partial charge in [-0.2, -0.15) is 0 Å². The van der Waals surface area contributed by atoms with E-state index >= 15 is 0 Å². The standard InChI is InChI=1S/C22H21N3O4/c1-25-8-7-23-22(25)16-4-2-3-15-14(16)5-6-18(15)29-20-10-19-17(11-24-20)13(12-28-19)9-21(26)27/h2-4,7-8,10-11,13,18H,5-6,9,12H2,1H3,(H,26,27)/t13-,18?/m1/s1. The lowest BCUT2D eigenvalue weighted by atomic mass is 10.00. The minimum absolute atomic E-state index is 0.0425. The number of aryl methyl sites for hydroxylation is 1. The summed E-state index contributed by atoms with van der Waals surface area (Å²) < 4.78 is 13.9. The molecule has 0 saturated heterocycles. The van der Waals surface area contributed by atoms with Gasteiger partial charge in [0.05, 0.1) is 13.0 Å². The van der Waals surface area contributed by atoms with Crippen LogP contribution in [0.15, 0.2) is 42.9 Å². The van der Waals surface area contributed by atoms with Crippen molar-refractivity contribution in [3.05, 3.63) is 59.5 Å². The Balaban J connectivity index is 1.39. The Bertz CT molecular complexity index is 1090. The molecule has 1 N–H and O–H groups in total. The van der Waals surface area contributed by atoms with Crippen LogP contribution >= 0.6 is 0 Å². The first-order chi connectivity index (χ1) is 14.1. The van der Waals surface area contributed by atoms with Crippen molar-refractivity contribution in [2.45, 2.75) is 31.3 Å². The van der Waals surface area contributed by atoms with Crippen LogP contribution in [0.1, 0.15) is 41.6 Å². The van der Waals surface area contributed by atoms with E-state index in [1.165, 1.54) is 5.56 Å². The van der Waals surface area contributed by atoms with E-state index < -0.39 is 5.97 Å². The van der Waals surface area contributed by atoms with E-state index in [9.17, 15) is 4.79 Å². The SMILES string of the molecule is Cn1ccnc1-c1cccc2c1CCC2Oc1cc2c(cn1)[C@H](CC(=O)O)CO2. The van der Waals surface area contributed by atoms with Crippen LogP contribution in [-0.2, 0) is 18.3 Å². The molecule has 1 aliphatic carbocycles. The van der Waals surface area contributed by atoms with E-state index in [1.807, 2.05) is 30.1 Å². The summed E-state index contributed by atoms with van der Waals surface area (Å²) in [6, 6.07) is 8.03. The zero-order valence-corrected chi connectivity index (χ0v) is 16.0. The van der Waals surface area contributed by atoms with Gasteiger partial charge in [-0.25, -0.2) is 9.97 Å². The fraction of sp³-hybridized carbons (Fsp3) is 0.318. The summed E-state index contributed by atoms with van der Waals surface area (Å²) in [4.78, 5) is 19.9. The molecule has 0 radical (unpaired) electrons. The molecule has 2 atom stereocenters. The highest BCUT2D eigenvalue weighted by molar-refractivity contribution is 5.68. The van der Waals surface area contributed by atoms with Gasteiger partial charge in [0.25, 0.3) is 0 Å². The van der Waals surface area contributed by atoms with E-state index in [4.69, 9.17) is 14.6 Å². The number of carbonyl (C=O) groups is 1. The lowest BCUT2D eigenvalue weighted by molar-refractivity contribution is -0.137. The van der Waals surface area contributed by atoms with Gasteiger partial charge in [-0.1, -0.05) is 18.2 Å². The predicted molar refractivity (Wildman–Crippen MR) is 105 cm³/mol. The second-order valence-corrected chi connectivity index (χ2v) is 7.55. The smallest absolute Gasteiger partial charge is 0.304 e. The molecule has 0 amide bonds. The molecule has 2 aromatic heterocycles. The maximum Gasteiger partial charge on any atom is 0.304 e. The summed E-state index contributed by atoms with van der Waals surface area (Å²) in [7, 11) is 2.00. The number of aliphatic carboxylic acids is 1. The molecule has 0 saturated carbocycles. The zero-order chi connectivity index (χ0) is 20.0. The Kier molecular flexibility index (Phi) is 4.23. The van der Waals surface area contributed by atoms with Gasteiger partial charge in [0.2, 0.25) is 5.88 Å². The zero-order valence-electron chi connectivity index (χ0n) is 16.0. The Morgan fingerprint density at radius 3 is 3.03 bits per heavy atom. The molecule has 2 aliphatic rings. The summed E-state index contributed by atoms with van der Waals surface area (Å²) >= 11 is 0. The van der Waals surface area contributed by atoms with Gasteiger partial charge >= 0.3 is 5.97 Å². The van der Waals surface area contributed by atoms with Gasteiger partial charge in [0.1, 0.15) is 17.7 Å². The van der Waals surface area contributed by atoms with Gasteiger partial charge in [-0.05, 0) is 24.0 Å². The molecule has 29 heavy (non-hydrogen) atoms. The van der Waals surface area contributed by atoms with Crippen molar-refractivity contribution in [2.24, 2.45) is 7.05 Å². The first-order valence-corrected chi connectivity index (χ1v) is 9.71. The van der Waals surface area contributed by atoms with Crippen molar-refractivity contribution in [1.82, 2.24) is 14.5 Å². The van der Waals surface area contributed by atoms with Crippen molar-refractivity contribution in [1.29, 1.82) is 0 Å². The van der Waals surface area contributed by atoms with Gasteiger partial charge in [0, 0.05) is 48.7 Å². The number of rotatable bonds is 5. The maximum atomic E-state index is 11.0. The lowest BCUT2D eigenvalue weighted by Crippen LogP contribution is -2.07. The van der Waals surface area contributed by atoms with Crippen LogP contribution < -0.4 is 9.47 Å². The number of nitrogens with zero attached hydrogens (tertiary/aromatic N) is 3. The van der Waals surface area contributed by atoms with Crippen LogP contribution in [0.3, 0.4) is 0 Å². The molecule has 0 spiro atoms. The van der Waals surface area contributed by atoms with Crippen LogP contribution in [0.2, 0.25) is 0 Å². The highest BCUT2D eigenvalue weighted by Crippen LogP contribution is 2.41. The number of fused-ring (bicyclic) bond motifs is 2. The van der Waals surface area contributed by atoms with E-state index in [-0.39, 0.29) is 18.4 Å². The highest BCUT2D eigenvalue weighted by atomic mass is 16.5. The van der Waals surface area contributed by atoms with Gasteiger partial charge in [-0.3, -0.25) is 4.79 Å².